The molecule has 0 aromatic carbocycles. The first-order chi connectivity index (χ1) is 9.53. The summed E-state index contributed by atoms with van der Waals surface area (Å²) in [5, 5.41) is 0. The summed E-state index contributed by atoms with van der Waals surface area (Å²) in [6.45, 7) is 5.04. The van der Waals surface area contributed by atoms with Crippen molar-refractivity contribution in [1.82, 2.24) is 0 Å². The van der Waals surface area contributed by atoms with Crippen molar-refractivity contribution in [2.75, 3.05) is 0 Å². The van der Waals surface area contributed by atoms with Gasteiger partial charge in [-0.3, -0.25) is 4.79 Å². The van der Waals surface area contributed by atoms with Gasteiger partial charge < -0.3 is 0 Å². The molecule has 4 rings (SSSR count). The van der Waals surface area contributed by atoms with Crippen LogP contribution in [-0.2, 0) is 4.79 Å². The van der Waals surface area contributed by atoms with Gasteiger partial charge in [0.05, 0.1) is 0 Å². The molecule has 0 spiro atoms. The first-order valence-electron chi connectivity index (χ1n) is 8.75. The monoisotopic (exact) mass is 272 g/mol. The van der Waals surface area contributed by atoms with E-state index in [4.69, 9.17) is 0 Å². The summed E-state index contributed by atoms with van der Waals surface area (Å²) in [4.78, 5) is 11.8. The van der Waals surface area contributed by atoms with Crippen LogP contribution in [0.3, 0.4) is 0 Å². The Labute approximate surface area is 123 Å². The third-order valence-corrected chi connectivity index (χ3v) is 7.67. The maximum absolute atomic E-state index is 11.8. The number of rotatable bonds is 0. The smallest absolute Gasteiger partial charge is 0.133 e. The van der Waals surface area contributed by atoms with Crippen molar-refractivity contribution in [3.8, 4) is 0 Å². The molecule has 0 aromatic rings. The minimum Gasteiger partial charge on any atom is -0.300 e. The van der Waals surface area contributed by atoms with Gasteiger partial charge >= 0.3 is 0 Å². The van der Waals surface area contributed by atoms with Gasteiger partial charge in [0.2, 0.25) is 0 Å². The minimum atomic E-state index is 0.460. The van der Waals surface area contributed by atoms with E-state index in [1.54, 1.807) is 0 Å². The number of Topliss-reactive ketones (excluding diaryl/α,β-unsaturated/α-hetero) is 1. The van der Waals surface area contributed by atoms with E-state index >= 15 is 0 Å². The van der Waals surface area contributed by atoms with Gasteiger partial charge in [0.25, 0.3) is 0 Å². The number of ketones is 1. The highest BCUT2D eigenvalue weighted by Gasteiger charge is 2.55. The van der Waals surface area contributed by atoms with E-state index in [1.165, 1.54) is 44.9 Å². The van der Waals surface area contributed by atoms with E-state index in [9.17, 15) is 4.79 Å². The lowest BCUT2D eigenvalue weighted by molar-refractivity contribution is -0.131. The summed E-state index contributed by atoms with van der Waals surface area (Å²) in [7, 11) is 0. The Morgan fingerprint density at radius 3 is 2.80 bits per heavy atom. The predicted octanol–water partition coefficient (Wildman–Crippen LogP) is 4.91. The zero-order valence-electron chi connectivity index (χ0n) is 13.1. The number of fused-ring (bicyclic) bond motifs is 5. The van der Waals surface area contributed by atoms with Crippen LogP contribution in [0.4, 0.5) is 0 Å². The second-order valence-electron chi connectivity index (χ2n) is 8.53. The lowest BCUT2D eigenvalue weighted by Gasteiger charge is -2.58. The summed E-state index contributed by atoms with van der Waals surface area (Å²) >= 11 is 0. The van der Waals surface area contributed by atoms with Crippen molar-refractivity contribution in [2.45, 2.75) is 71.6 Å². The third kappa shape index (κ3) is 1.64. The molecule has 20 heavy (non-hydrogen) atoms. The molecule has 4 aliphatic rings. The van der Waals surface area contributed by atoms with Crippen molar-refractivity contribution in [3.63, 3.8) is 0 Å². The third-order valence-electron chi connectivity index (χ3n) is 7.67. The summed E-state index contributed by atoms with van der Waals surface area (Å²) in [6.07, 6.45) is 13.7. The molecule has 0 heterocycles. The van der Waals surface area contributed by atoms with Crippen LogP contribution in [0, 0.1) is 28.6 Å². The van der Waals surface area contributed by atoms with E-state index in [1.807, 2.05) is 5.57 Å². The van der Waals surface area contributed by atoms with Crippen LogP contribution in [0.15, 0.2) is 11.6 Å². The average molecular weight is 272 g/mol. The van der Waals surface area contributed by atoms with Crippen LogP contribution >= 0.6 is 0 Å². The van der Waals surface area contributed by atoms with Crippen LogP contribution in [0.2, 0.25) is 0 Å². The zero-order chi connectivity index (χ0) is 14.0. The molecular weight excluding hydrogens is 244 g/mol. The quantitative estimate of drug-likeness (QED) is 0.573. The summed E-state index contributed by atoms with van der Waals surface area (Å²) < 4.78 is 0. The summed E-state index contributed by atoms with van der Waals surface area (Å²) in [5.41, 5.74) is 2.82. The van der Waals surface area contributed by atoms with Crippen molar-refractivity contribution < 1.29 is 4.79 Å². The number of hydrogen-bond donors (Lipinski definition) is 0. The molecule has 1 nitrogen and oxygen atoms in total. The lowest BCUT2D eigenvalue weighted by Crippen LogP contribution is -2.50. The fourth-order valence-electron chi connectivity index (χ4n) is 6.37. The molecule has 4 aliphatic carbocycles. The number of hydrogen-bond acceptors (Lipinski definition) is 1. The molecule has 5 atom stereocenters. The van der Waals surface area contributed by atoms with Crippen molar-refractivity contribution >= 4 is 5.78 Å². The highest BCUT2D eigenvalue weighted by Crippen LogP contribution is 2.64. The van der Waals surface area contributed by atoms with E-state index in [-0.39, 0.29) is 0 Å². The Kier molecular flexibility index (Phi) is 2.76. The first-order valence-corrected chi connectivity index (χ1v) is 8.75. The molecule has 0 unspecified atom stereocenters. The van der Waals surface area contributed by atoms with Gasteiger partial charge in [-0.25, -0.2) is 0 Å². The lowest BCUT2D eigenvalue weighted by atomic mass is 9.46. The van der Waals surface area contributed by atoms with E-state index in [0.29, 0.717) is 22.5 Å². The van der Waals surface area contributed by atoms with Gasteiger partial charge in [0.1, 0.15) is 5.78 Å². The fourth-order valence-corrected chi connectivity index (χ4v) is 6.37. The van der Waals surface area contributed by atoms with Crippen LogP contribution in [0.5, 0.6) is 0 Å². The van der Waals surface area contributed by atoms with E-state index < -0.39 is 0 Å². The standard InChI is InChI=1S/C19H28O/c1-18-9-3-4-16(18)15-6-5-13-12-14(20)7-11-19(13,2)17(15)8-10-18/h4,13,15,17H,3,5-12H2,1-2H3/t13-,15-,17+,18+,19+/m0/s1. The molecular formula is C19H28O. The van der Waals surface area contributed by atoms with Gasteiger partial charge in [0, 0.05) is 12.8 Å². The van der Waals surface area contributed by atoms with E-state index in [2.05, 4.69) is 19.9 Å². The molecule has 0 saturated heterocycles. The van der Waals surface area contributed by atoms with Gasteiger partial charge in [-0.2, -0.15) is 0 Å². The molecule has 0 amide bonds. The Balaban J connectivity index is 1.67. The molecule has 0 radical (unpaired) electrons. The van der Waals surface area contributed by atoms with Gasteiger partial charge in [-0.15, -0.1) is 0 Å². The highest BCUT2D eigenvalue weighted by molar-refractivity contribution is 5.79. The van der Waals surface area contributed by atoms with Gasteiger partial charge in [-0.1, -0.05) is 25.5 Å². The van der Waals surface area contributed by atoms with Gasteiger partial charge in [-0.05, 0) is 73.5 Å². The van der Waals surface area contributed by atoms with Crippen LogP contribution in [0.25, 0.3) is 0 Å². The maximum atomic E-state index is 11.8. The number of carbonyl (C=O) groups is 1. The van der Waals surface area contributed by atoms with Crippen molar-refractivity contribution in [2.24, 2.45) is 28.6 Å². The second-order valence-corrected chi connectivity index (χ2v) is 8.53. The SMILES string of the molecule is C[C@]12CCC=C1[C@@H]1CC[C@H]3CC(=O)CC[C@@]3(C)[C@@H]1CC2. The average Bonchev–Trinajstić information content (AvgIpc) is 2.81. The van der Waals surface area contributed by atoms with E-state index in [0.717, 1.165) is 24.7 Å². The molecule has 110 valence electrons. The molecule has 0 aromatic heterocycles. The topological polar surface area (TPSA) is 17.1 Å². The summed E-state index contributed by atoms with van der Waals surface area (Å²) in [5.74, 6) is 2.94. The zero-order valence-corrected chi connectivity index (χ0v) is 13.1. The first kappa shape index (κ1) is 13.1. The normalized spacial score (nSPS) is 51.0. The molecule has 0 bridgehead atoms. The number of carbonyl (C=O) groups excluding carboxylic acids is 1. The fraction of sp³-hybridized carbons (Fsp3) is 0.842. The Morgan fingerprint density at radius 1 is 1.10 bits per heavy atom. The van der Waals surface area contributed by atoms with Crippen LogP contribution in [0.1, 0.15) is 71.6 Å². The summed E-state index contributed by atoms with van der Waals surface area (Å²) in [6, 6.07) is 0. The van der Waals surface area contributed by atoms with Crippen molar-refractivity contribution in [3.05, 3.63) is 11.6 Å². The Hall–Kier alpha value is -0.590. The van der Waals surface area contributed by atoms with Crippen LogP contribution < -0.4 is 0 Å². The highest BCUT2D eigenvalue weighted by atomic mass is 16.1. The Bertz CT molecular complexity index is 476. The second kappa shape index (κ2) is 4.21. The van der Waals surface area contributed by atoms with Crippen LogP contribution in [-0.4, -0.2) is 5.78 Å². The largest absolute Gasteiger partial charge is 0.300 e. The molecule has 1 heteroatoms. The van der Waals surface area contributed by atoms with Crippen molar-refractivity contribution in [1.29, 1.82) is 0 Å². The molecule has 3 fully saturated rings. The number of allylic oxidation sites excluding steroid dienone is 2. The molecule has 0 aliphatic heterocycles. The maximum Gasteiger partial charge on any atom is 0.133 e. The Morgan fingerprint density at radius 2 is 1.95 bits per heavy atom. The minimum absolute atomic E-state index is 0.460. The molecule has 3 saturated carbocycles. The van der Waals surface area contributed by atoms with Gasteiger partial charge in [0.15, 0.2) is 0 Å². The predicted molar refractivity (Wildman–Crippen MR) is 81.3 cm³/mol. The molecule has 0 N–H and O–H groups in total.